The van der Waals surface area contributed by atoms with Crippen molar-refractivity contribution in [2.75, 3.05) is 20.4 Å². The first-order valence-corrected chi connectivity index (χ1v) is 11.3. The van der Waals surface area contributed by atoms with Gasteiger partial charge in [-0.15, -0.1) is 0 Å². The number of amides is 1. The van der Waals surface area contributed by atoms with Crippen molar-refractivity contribution >= 4 is 22.9 Å². The predicted molar refractivity (Wildman–Crippen MR) is 130 cm³/mol. The Morgan fingerprint density at radius 2 is 1.94 bits per heavy atom. The van der Waals surface area contributed by atoms with E-state index in [1.54, 1.807) is 13.2 Å². The van der Waals surface area contributed by atoms with Gasteiger partial charge >= 0.3 is 0 Å². The molecule has 3 aromatic carbocycles. The summed E-state index contributed by atoms with van der Waals surface area (Å²) in [5, 5.41) is 1.21. The molecule has 1 unspecified atom stereocenters. The first-order valence-electron chi connectivity index (χ1n) is 11.3. The van der Waals surface area contributed by atoms with Crippen LogP contribution in [0.15, 0.2) is 72.8 Å². The van der Waals surface area contributed by atoms with E-state index in [0.717, 1.165) is 40.3 Å². The normalized spacial score (nSPS) is 16.7. The zero-order chi connectivity index (χ0) is 23.1. The van der Waals surface area contributed by atoms with E-state index < -0.39 is 0 Å². The average Bonchev–Trinajstić information content (AvgIpc) is 3.50. The van der Waals surface area contributed by atoms with E-state index in [9.17, 15) is 4.79 Å². The number of H-pyrrole nitrogens is 1. The quantitative estimate of drug-likeness (QED) is 0.438. The second-order valence-electron chi connectivity index (χ2n) is 8.47. The molecule has 0 saturated heterocycles. The minimum atomic E-state index is -0.256. The Labute approximate surface area is 197 Å². The van der Waals surface area contributed by atoms with Gasteiger partial charge in [0.2, 0.25) is 12.7 Å². The molecule has 1 amide bonds. The van der Waals surface area contributed by atoms with Crippen molar-refractivity contribution in [3.05, 3.63) is 95.2 Å². The lowest BCUT2D eigenvalue weighted by atomic mass is 9.92. The van der Waals surface area contributed by atoms with E-state index in [4.69, 9.17) is 14.2 Å². The molecule has 6 rings (SSSR count). The van der Waals surface area contributed by atoms with Crippen LogP contribution >= 0.6 is 0 Å². The highest BCUT2D eigenvalue weighted by atomic mass is 16.7. The molecule has 1 N–H and O–H groups in total. The van der Waals surface area contributed by atoms with E-state index in [1.165, 1.54) is 10.9 Å². The largest absolute Gasteiger partial charge is 0.497 e. The summed E-state index contributed by atoms with van der Waals surface area (Å²) in [4.78, 5) is 19.0. The molecule has 0 spiro atoms. The third kappa shape index (κ3) is 3.48. The van der Waals surface area contributed by atoms with Crippen LogP contribution in [0.3, 0.4) is 0 Å². The number of methoxy groups -OCH3 is 1. The van der Waals surface area contributed by atoms with Gasteiger partial charge in [-0.3, -0.25) is 4.79 Å². The van der Waals surface area contributed by atoms with E-state index in [0.29, 0.717) is 12.3 Å². The first-order chi connectivity index (χ1) is 16.7. The molecule has 0 aliphatic carbocycles. The lowest BCUT2D eigenvalue weighted by molar-refractivity contribution is -0.128. The summed E-state index contributed by atoms with van der Waals surface area (Å²) >= 11 is 0. The number of nitrogens with zero attached hydrogens (tertiary/aromatic N) is 1. The maximum absolute atomic E-state index is 13.5. The number of fused-ring (bicyclic) bond motifs is 4. The van der Waals surface area contributed by atoms with Crippen molar-refractivity contribution in [3.8, 4) is 17.2 Å². The third-order valence-corrected chi connectivity index (χ3v) is 6.54. The molecule has 170 valence electrons. The van der Waals surface area contributed by atoms with Gasteiger partial charge in [-0.1, -0.05) is 36.4 Å². The average molecular weight is 453 g/mol. The van der Waals surface area contributed by atoms with Crippen LogP contribution in [0, 0.1) is 0 Å². The Bertz CT molecular complexity index is 1420. The monoisotopic (exact) mass is 452 g/mol. The highest BCUT2D eigenvalue weighted by Gasteiger charge is 2.34. The maximum Gasteiger partial charge on any atom is 0.247 e. The zero-order valence-electron chi connectivity index (χ0n) is 18.8. The van der Waals surface area contributed by atoms with Crippen LogP contribution in [0.1, 0.15) is 28.4 Å². The van der Waals surface area contributed by atoms with E-state index >= 15 is 0 Å². The molecule has 1 aromatic heterocycles. The maximum atomic E-state index is 13.5. The standard InChI is InChI=1S/C28H24N2O4/c1-32-20-6-4-5-18(15-20)9-12-26(31)30-14-13-22-21-7-2-3-8-23(21)29-27(22)28(30)19-10-11-24-25(16-19)34-17-33-24/h2-12,15-16,28-29H,13-14,17H2,1H3. The fourth-order valence-electron chi connectivity index (χ4n) is 4.92. The van der Waals surface area contributed by atoms with Gasteiger partial charge in [0.05, 0.1) is 13.2 Å². The number of para-hydroxylation sites is 1. The Balaban J connectivity index is 1.40. The highest BCUT2D eigenvalue weighted by Crippen LogP contribution is 2.42. The highest BCUT2D eigenvalue weighted by molar-refractivity contribution is 5.93. The van der Waals surface area contributed by atoms with Crippen LogP contribution in [0.5, 0.6) is 17.2 Å². The Hall–Kier alpha value is -4.19. The van der Waals surface area contributed by atoms with Crippen molar-refractivity contribution in [1.82, 2.24) is 9.88 Å². The zero-order valence-corrected chi connectivity index (χ0v) is 18.8. The van der Waals surface area contributed by atoms with Crippen LogP contribution in [0.2, 0.25) is 0 Å². The molecule has 4 aromatic rings. The van der Waals surface area contributed by atoms with Crippen LogP contribution < -0.4 is 14.2 Å². The van der Waals surface area contributed by atoms with Crippen LogP contribution in [0.25, 0.3) is 17.0 Å². The third-order valence-electron chi connectivity index (χ3n) is 6.54. The number of ether oxygens (including phenoxy) is 3. The molecular weight excluding hydrogens is 428 g/mol. The van der Waals surface area contributed by atoms with Gasteiger partial charge in [0.15, 0.2) is 11.5 Å². The molecule has 3 heterocycles. The van der Waals surface area contributed by atoms with Gasteiger partial charge in [0.25, 0.3) is 0 Å². The Morgan fingerprint density at radius 3 is 2.85 bits per heavy atom. The van der Waals surface area contributed by atoms with Gasteiger partial charge in [0, 0.05) is 29.2 Å². The molecule has 1 atom stereocenters. The molecule has 0 bridgehead atoms. The van der Waals surface area contributed by atoms with Gasteiger partial charge < -0.3 is 24.1 Å². The minimum absolute atomic E-state index is 0.0465. The number of aromatic amines is 1. The molecule has 0 fully saturated rings. The number of carbonyl (C=O) groups excluding carboxylic acids is 1. The fraction of sp³-hybridized carbons (Fsp3) is 0.179. The number of hydrogen-bond donors (Lipinski definition) is 1. The molecule has 2 aliphatic rings. The lowest BCUT2D eigenvalue weighted by Gasteiger charge is -2.35. The van der Waals surface area contributed by atoms with Gasteiger partial charge in [-0.2, -0.15) is 0 Å². The molecule has 6 heteroatoms. The van der Waals surface area contributed by atoms with Gasteiger partial charge in [0.1, 0.15) is 5.75 Å². The molecule has 6 nitrogen and oxygen atoms in total. The number of hydrogen-bond acceptors (Lipinski definition) is 4. The predicted octanol–water partition coefficient (Wildman–Crippen LogP) is 5.09. The molecule has 2 aliphatic heterocycles. The molecule has 0 saturated carbocycles. The number of benzene rings is 3. The second-order valence-corrected chi connectivity index (χ2v) is 8.47. The fourth-order valence-corrected chi connectivity index (χ4v) is 4.92. The summed E-state index contributed by atoms with van der Waals surface area (Å²) in [7, 11) is 1.63. The Morgan fingerprint density at radius 1 is 1.06 bits per heavy atom. The van der Waals surface area contributed by atoms with Gasteiger partial charge in [-0.25, -0.2) is 0 Å². The smallest absolute Gasteiger partial charge is 0.247 e. The van der Waals surface area contributed by atoms with Crippen LogP contribution in [0.4, 0.5) is 0 Å². The molecular formula is C28H24N2O4. The van der Waals surface area contributed by atoms with Crippen molar-refractivity contribution < 1.29 is 19.0 Å². The summed E-state index contributed by atoms with van der Waals surface area (Å²) in [6.07, 6.45) is 4.27. The topological polar surface area (TPSA) is 63.8 Å². The van der Waals surface area contributed by atoms with E-state index in [-0.39, 0.29) is 18.7 Å². The van der Waals surface area contributed by atoms with E-state index in [2.05, 4.69) is 23.2 Å². The van der Waals surface area contributed by atoms with E-state index in [1.807, 2.05) is 59.5 Å². The lowest BCUT2D eigenvalue weighted by Crippen LogP contribution is -2.39. The second kappa shape index (κ2) is 8.30. The molecule has 34 heavy (non-hydrogen) atoms. The van der Waals surface area contributed by atoms with Crippen molar-refractivity contribution in [1.29, 1.82) is 0 Å². The SMILES string of the molecule is COc1cccc(C=CC(=O)N2CCc3c([nH]c4ccccc34)C2c2ccc3c(c2)OCO3)c1. The number of aromatic nitrogens is 1. The number of nitrogens with one attached hydrogen (secondary N) is 1. The molecule has 0 radical (unpaired) electrons. The summed E-state index contributed by atoms with van der Waals surface area (Å²) < 4.78 is 16.4. The number of rotatable bonds is 4. The summed E-state index contributed by atoms with van der Waals surface area (Å²) in [5.74, 6) is 2.15. The first kappa shape index (κ1) is 20.4. The minimum Gasteiger partial charge on any atom is -0.497 e. The van der Waals surface area contributed by atoms with Gasteiger partial charge in [-0.05, 0) is 59.5 Å². The Kier molecular flexibility index (Phi) is 4.99. The van der Waals surface area contributed by atoms with Crippen molar-refractivity contribution in [2.45, 2.75) is 12.5 Å². The van der Waals surface area contributed by atoms with Crippen LogP contribution in [-0.4, -0.2) is 36.2 Å². The van der Waals surface area contributed by atoms with Crippen molar-refractivity contribution in [2.24, 2.45) is 0 Å². The summed E-state index contributed by atoms with van der Waals surface area (Å²) in [6.45, 7) is 0.836. The van der Waals surface area contributed by atoms with Crippen molar-refractivity contribution in [3.63, 3.8) is 0 Å². The van der Waals surface area contributed by atoms with Crippen LogP contribution in [-0.2, 0) is 11.2 Å². The summed E-state index contributed by atoms with van der Waals surface area (Å²) in [6, 6.07) is 21.6. The number of carbonyl (C=O) groups is 1. The summed E-state index contributed by atoms with van der Waals surface area (Å²) in [5.41, 5.74) is 5.29.